The van der Waals surface area contributed by atoms with Gasteiger partial charge in [-0.3, -0.25) is 4.79 Å². The highest BCUT2D eigenvalue weighted by molar-refractivity contribution is 6.03. The first-order chi connectivity index (χ1) is 14.0. The molecule has 29 heavy (non-hydrogen) atoms. The SMILES string of the molecule is CCOC(=O)c1ccc(NC(=O)c2cc(N3CCCCC3CC)nc(C)n2)cc1. The van der Waals surface area contributed by atoms with Crippen LogP contribution < -0.4 is 10.2 Å². The minimum atomic E-state index is -0.381. The molecule has 0 spiro atoms. The van der Waals surface area contributed by atoms with E-state index < -0.39 is 0 Å². The fraction of sp³-hybridized carbons (Fsp3) is 0.455. The molecule has 1 saturated heterocycles. The molecule has 1 N–H and O–H groups in total. The van der Waals surface area contributed by atoms with E-state index in [1.165, 1.54) is 6.42 Å². The normalized spacial score (nSPS) is 16.4. The zero-order valence-electron chi connectivity index (χ0n) is 17.3. The average molecular weight is 396 g/mol. The number of hydrogen-bond acceptors (Lipinski definition) is 6. The number of aryl methyl sites for hydroxylation is 1. The standard InChI is InChI=1S/C22H28N4O3/c1-4-18-8-6-7-13-26(18)20-14-19(23-15(3)24-20)21(27)25-17-11-9-16(10-12-17)22(28)29-5-2/h9-12,14,18H,4-8,13H2,1-3H3,(H,25,27). The van der Waals surface area contributed by atoms with Crippen molar-refractivity contribution in [1.82, 2.24) is 9.97 Å². The van der Waals surface area contributed by atoms with E-state index in [1.807, 2.05) is 0 Å². The minimum Gasteiger partial charge on any atom is -0.462 e. The molecule has 2 aromatic rings. The second kappa shape index (κ2) is 9.49. The quantitative estimate of drug-likeness (QED) is 0.744. The van der Waals surface area contributed by atoms with Crippen LogP contribution in [0.5, 0.6) is 0 Å². The van der Waals surface area contributed by atoms with Gasteiger partial charge in [0.15, 0.2) is 0 Å². The van der Waals surface area contributed by atoms with Gasteiger partial charge in [-0.1, -0.05) is 6.92 Å². The molecule has 2 heterocycles. The number of carbonyl (C=O) groups excluding carboxylic acids is 2. The monoisotopic (exact) mass is 396 g/mol. The smallest absolute Gasteiger partial charge is 0.338 e. The van der Waals surface area contributed by atoms with E-state index in [9.17, 15) is 9.59 Å². The van der Waals surface area contributed by atoms with Crippen LogP contribution >= 0.6 is 0 Å². The van der Waals surface area contributed by atoms with Crippen LogP contribution in [0.2, 0.25) is 0 Å². The molecule has 1 aliphatic rings. The van der Waals surface area contributed by atoms with Gasteiger partial charge >= 0.3 is 5.97 Å². The van der Waals surface area contributed by atoms with Gasteiger partial charge in [-0.15, -0.1) is 0 Å². The number of piperidine rings is 1. The van der Waals surface area contributed by atoms with Gasteiger partial charge in [-0.2, -0.15) is 0 Å². The van der Waals surface area contributed by atoms with Crippen molar-refractivity contribution in [3.05, 3.63) is 47.4 Å². The Morgan fingerprint density at radius 1 is 1.17 bits per heavy atom. The Morgan fingerprint density at radius 3 is 2.62 bits per heavy atom. The van der Waals surface area contributed by atoms with E-state index in [-0.39, 0.29) is 11.9 Å². The van der Waals surface area contributed by atoms with Crippen molar-refractivity contribution in [2.45, 2.75) is 52.5 Å². The lowest BCUT2D eigenvalue weighted by molar-refractivity contribution is 0.0526. The maximum Gasteiger partial charge on any atom is 0.338 e. The molecule has 1 aromatic carbocycles. The highest BCUT2D eigenvalue weighted by atomic mass is 16.5. The van der Waals surface area contributed by atoms with Gasteiger partial charge in [0.05, 0.1) is 12.2 Å². The van der Waals surface area contributed by atoms with Crippen molar-refractivity contribution in [1.29, 1.82) is 0 Å². The van der Waals surface area contributed by atoms with E-state index in [1.54, 1.807) is 44.2 Å². The molecule has 1 unspecified atom stereocenters. The Labute approximate surface area is 171 Å². The van der Waals surface area contributed by atoms with Gasteiger partial charge in [-0.05, 0) is 63.8 Å². The molecule has 3 rings (SSSR count). The molecule has 1 aliphatic heterocycles. The second-order valence-corrected chi connectivity index (χ2v) is 7.16. The second-order valence-electron chi connectivity index (χ2n) is 7.16. The molecular formula is C22H28N4O3. The van der Waals surface area contributed by atoms with Crippen LogP contribution in [-0.2, 0) is 4.74 Å². The fourth-order valence-corrected chi connectivity index (χ4v) is 3.64. The van der Waals surface area contributed by atoms with Crippen LogP contribution in [0, 0.1) is 6.92 Å². The van der Waals surface area contributed by atoms with Gasteiger partial charge in [0, 0.05) is 24.3 Å². The molecular weight excluding hydrogens is 368 g/mol. The van der Waals surface area contributed by atoms with Crippen molar-refractivity contribution in [2.75, 3.05) is 23.4 Å². The summed E-state index contributed by atoms with van der Waals surface area (Å²) in [6, 6.07) is 8.83. The highest BCUT2D eigenvalue weighted by Crippen LogP contribution is 2.25. The molecule has 1 fully saturated rings. The summed E-state index contributed by atoms with van der Waals surface area (Å²) in [6.45, 7) is 7.02. The molecule has 0 radical (unpaired) electrons. The van der Waals surface area contributed by atoms with Crippen LogP contribution in [0.25, 0.3) is 0 Å². The van der Waals surface area contributed by atoms with Crippen molar-refractivity contribution < 1.29 is 14.3 Å². The van der Waals surface area contributed by atoms with Crippen LogP contribution in [0.15, 0.2) is 30.3 Å². The summed E-state index contributed by atoms with van der Waals surface area (Å²) in [4.78, 5) is 35.7. The Morgan fingerprint density at radius 2 is 1.93 bits per heavy atom. The molecule has 0 aliphatic carbocycles. The van der Waals surface area contributed by atoms with E-state index >= 15 is 0 Å². The molecule has 1 amide bonds. The summed E-state index contributed by atoms with van der Waals surface area (Å²) in [6.07, 6.45) is 4.56. The van der Waals surface area contributed by atoms with Gasteiger partial charge in [-0.25, -0.2) is 14.8 Å². The number of amides is 1. The number of hydrogen-bond donors (Lipinski definition) is 1. The van der Waals surface area contributed by atoms with Gasteiger partial charge in [0.1, 0.15) is 17.3 Å². The number of ether oxygens (including phenoxy) is 1. The number of anilines is 2. The Hall–Kier alpha value is -2.96. The largest absolute Gasteiger partial charge is 0.462 e. The van der Waals surface area contributed by atoms with Crippen LogP contribution in [0.1, 0.15) is 66.2 Å². The summed E-state index contributed by atoms with van der Waals surface area (Å²) >= 11 is 0. The van der Waals surface area contributed by atoms with Crippen molar-refractivity contribution in [2.24, 2.45) is 0 Å². The first-order valence-electron chi connectivity index (χ1n) is 10.2. The topological polar surface area (TPSA) is 84.4 Å². The summed E-state index contributed by atoms with van der Waals surface area (Å²) in [7, 11) is 0. The third kappa shape index (κ3) is 5.10. The van der Waals surface area contributed by atoms with Crippen molar-refractivity contribution in [3.63, 3.8) is 0 Å². The predicted octanol–water partition coefficient (Wildman–Crippen LogP) is 3.98. The molecule has 7 heteroatoms. The maximum absolute atomic E-state index is 12.8. The molecule has 0 bridgehead atoms. The van der Waals surface area contributed by atoms with Crippen molar-refractivity contribution in [3.8, 4) is 0 Å². The number of benzene rings is 1. The number of rotatable bonds is 6. The van der Waals surface area contributed by atoms with Gasteiger partial charge in [0.2, 0.25) is 0 Å². The number of carbonyl (C=O) groups is 2. The van der Waals surface area contributed by atoms with Crippen LogP contribution in [0.4, 0.5) is 11.5 Å². The molecule has 1 atom stereocenters. The lowest BCUT2D eigenvalue weighted by atomic mass is 10.00. The maximum atomic E-state index is 12.8. The Bertz CT molecular complexity index is 867. The Kier molecular flexibility index (Phi) is 6.80. The summed E-state index contributed by atoms with van der Waals surface area (Å²) in [5, 5.41) is 2.84. The zero-order chi connectivity index (χ0) is 20.8. The Balaban J connectivity index is 1.75. The number of esters is 1. The molecule has 7 nitrogen and oxygen atoms in total. The lowest BCUT2D eigenvalue weighted by Gasteiger charge is -2.36. The molecule has 0 saturated carbocycles. The minimum absolute atomic E-state index is 0.300. The first-order valence-corrected chi connectivity index (χ1v) is 10.2. The van der Waals surface area contributed by atoms with Crippen molar-refractivity contribution >= 4 is 23.4 Å². The molecule has 1 aromatic heterocycles. The number of nitrogens with one attached hydrogen (secondary N) is 1. The third-order valence-corrected chi connectivity index (χ3v) is 5.10. The first kappa shape index (κ1) is 20.8. The number of aromatic nitrogens is 2. The molecule has 154 valence electrons. The van der Waals surface area contributed by atoms with E-state index in [0.717, 1.165) is 31.6 Å². The van der Waals surface area contributed by atoms with Gasteiger partial charge < -0.3 is 15.0 Å². The van der Waals surface area contributed by atoms with Gasteiger partial charge in [0.25, 0.3) is 5.91 Å². The van der Waals surface area contributed by atoms with E-state index in [0.29, 0.717) is 35.4 Å². The summed E-state index contributed by atoms with van der Waals surface area (Å²) < 4.78 is 4.97. The van der Waals surface area contributed by atoms with Crippen LogP contribution in [0.3, 0.4) is 0 Å². The summed E-state index contributed by atoms with van der Waals surface area (Å²) in [5.41, 5.74) is 1.37. The lowest BCUT2D eigenvalue weighted by Crippen LogP contribution is -2.40. The predicted molar refractivity (Wildman–Crippen MR) is 112 cm³/mol. The third-order valence-electron chi connectivity index (χ3n) is 5.10. The number of nitrogens with zero attached hydrogens (tertiary/aromatic N) is 3. The fourth-order valence-electron chi connectivity index (χ4n) is 3.64. The summed E-state index contributed by atoms with van der Waals surface area (Å²) in [5.74, 6) is 0.705. The zero-order valence-corrected chi connectivity index (χ0v) is 17.3. The van der Waals surface area contributed by atoms with E-state index in [4.69, 9.17) is 4.74 Å². The highest BCUT2D eigenvalue weighted by Gasteiger charge is 2.23. The van der Waals surface area contributed by atoms with E-state index in [2.05, 4.69) is 27.1 Å². The average Bonchev–Trinajstić information content (AvgIpc) is 2.74. The van der Waals surface area contributed by atoms with Crippen LogP contribution in [-0.4, -0.2) is 41.0 Å².